The number of halogens is 1. The van der Waals surface area contributed by atoms with Gasteiger partial charge in [0.25, 0.3) is 0 Å². The van der Waals surface area contributed by atoms with Gasteiger partial charge in [-0.3, -0.25) is 0 Å². The van der Waals surface area contributed by atoms with Crippen molar-refractivity contribution in [3.8, 4) is 5.75 Å². The maximum Gasteiger partial charge on any atom is 0.165 e. The fraction of sp³-hybridized carbons (Fsp3) is 0.625. The zero-order valence-electron chi connectivity index (χ0n) is 12.5. The van der Waals surface area contributed by atoms with E-state index in [1.54, 1.807) is 6.07 Å². The van der Waals surface area contributed by atoms with Crippen LogP contribution in [0, 0.1) is 11.7 Å². The van der Waals surface area contributed by atoms with Crippen LogP contribution < -0.4 is 10.1 Å². The number of hydrogen-bond acceptors (Lipinski definition) is 2. The van der Waals surface area contributed by atoms with Crippen LogP contribution in [0.3, 0.4) is 0 Å². The molecule has 0 spiro atoms. The highest BCUT2D eigenvalue weighted by Crippen LogP contribution is 2.26. The van der Waals surface area contributed by atoms with Gasteiger partial charge in [0.2, 0.25) is 0 Å². The van der Waals surface area contributed by atoms with Crippen molar-refractivity contribution in [3.05, 3.63) is 29.6 Å². The smallest absolute Gasteiger partial charge is 0.165 e. The van der Waals surface area contributed by atoms with Crippen LogP contribution in [0.25, 0.3) is 0 Å². The van der Waals surface area contributed by atoms with E-state index in [9.17, 15) is 4.39 Å². The summed E-state index contributed by atoms with van der Waals surface area (Å²) in [6, 6.07) is 5.41. The van der Waals surface area contributed by atoms with Crippen LogP contribution in [0.15, 0.2) is 18.2 Å². The average Bonchev–Trinajstić information content (AvgIpc) is 2.38. The Labute approximate surface area is 116 Å². The quantitative estimate of drug-likeness (QED) is 0.757. The topological polar surface area (TPSA) is 21.3 Å². The van der Waals surface area contributed by atoms with Gasteiger partial charge in [-0.15, -0.1) is 0 Å². The monoisotopic (exact) mass is 267 g/mol. The second-order valence-corrected chi connectivity index (χ2v) is 5.33. The minimum atomic E-state index is -0.302. The van der Waals surface area contributed by atoms with Crippen molar-refractivity contribution in [1.29, 1.82) is 0 Å². The molecule has 1 unspecified atom stereocenters. The molecule has 0 aliphatic heterocycles. The van der Waals surface area contributed by atoms with Crippen molar-refractivity contribution >= 4 is 0 Å². The Morgan fingerprint density at radius 3 is 2.58 bits per heavy atom. The lowest BCUT2D eigenvalue weighted by atomic mass is 9.97. The Morgan fingerprint density at radius 1 is 1.26 bits per heavy atom. The molecule has 19 heavy (non-hydrogen) atoms. The summed E-state index contributed by atoms with van der Waals surface area (Å²) in [5.74, 6) is 0.748. The highest BCUT2D eigenvalue weighted by molar-refractivity contribution is 5.32. The first-order valence-corrected chi connectivity index (χ1v) is 7.15. The van der Waals surface area contributed by atoms with Crippen molar-refractivity contribution in [2.75, 3.05) is 13.7 Å². The van der Waals surface area contributed by atoms with Gasteiger partial charge in [0.05, 0.1) is 7.11 Å². The van der Waals surface area contributed by atoms with Crippen LogP contribution in [0.4, 0.5) is 4.39 Å². The molecule has 0 bridgehead atoms. The van der Waals surface area contributed by atoms with Crippen molar-refractivity contribution in [2.24, 2.45) is 5.92 Å². The molecule has 3 heteroatoms. The Hall–Kier alpha value is -1.09. The van der Waals surface area contributed by atoms with Crippen LogP contribution in [-0.2, 0) is 0 Å². The molecule has 1 atom stereocenters. The third kappa shape index (κ3) is 5.19. The first-order chi connectivity index (χ1) is 9.08. The fourth-order valence-electron chi connectivity index (χ4n) is 2.26. The zero-order valence-corrected chi connectivity index (χ0v) is 12.5. The number of hydrogen-bond donors (Lipinski definition) is 1. The normalized spacial score (nSPS) is 12.7. The predicted octanol–water partition coefficient (Wildman–Crippen LogP) is 4.31. The maximum absolute atomic E-state index is 13.4. The van der Waals surface area contributed by atoms with E-state index in [2.05, 4.69) is 26.1 Å². The van der Waals surface area contributed by atoms with E-state index in [0.717, 1.165) is 24.4 Å². The van der Waals surface area contributed by atoms with E-state index in [-0.39, 0.29) is 11.9 Å². The largest absolute Gasteiger partial charge is 0.494 e. The molecule has 0 aliphatic rings. The van der Waals surface area contributed by atoms with Crippen LogP contribution >= 0.6 is 0 Å². The van der Waals surface area contributed by atoms with Crippen LogP contribution in [0.1, 0.15) is 51.6 Å². The van der Waals surface area contributed by atoms with Gasteiger partial charge in [0, 0.05) is 6.04 Å². The lowest BCUT2D eigenvalue weighted by molar-refractivity contribution is 0.383. The van der Waals surface area contributed by atoms with Crippen LogP contribution in [-0.4, -0.2) is 13.7 Å². The number of methoxy groups -OCH3 is 1. The van der Waals surface area contributed by atoms with E-state index in [0.29, 0.717) is 5.75 Å². The molecule has 1 rings (SSSR count). The molecule has 1 aromatic rings. The molecule has 0 fully saturated rings. The third-order valence-electron chi connectivity index (χ3n) is 3.30. The minimum Gasteiger partial charge on any atom is -0.494 e. The van der Waals surface area contributed by atoms with Gasteiger partial charge in [-0.25, -0.2) is 4.39 Å². The molecule has 1 aromatic carbocycles. The molecule has 0 amide bonds. The van der Waals surface area contributed by atoms with Crippen molar-refractivity contribution in [1.82, 2.24) is 5.32 Å². The highest BCUT2D eigenvalue weighted by atomic mass is 19.1. The molecule has 0 saturated carbocycles. The lowest BCUT2D eigenvalue weighted by Gasteiger charge is -2.19. The summed E-state index contributed by atoms with van der Waals surface area (Å²) in [6.45, 7) is 7.48. The predicted molar refractivity (Wildman–Crippen MR) is 78.1 cm³/mol. The summed E-state index contributed by atoms with van der Waals surface area (Å²) < 4.78 is 18.5. The van der Waals surface area contributed by atoms with Crippen LogP contribution in [0.2, 0.25) is 0 Å². The van der Waals surface area contributed by atoms with Crippen molar-refractivity contribution in [3.63, 3.8) is 0 Å². The van der Waals surface area contributed by atoms with Crippen LogP contribution in [0.5, 0.6) is 5.75 Å². The van der Waals surface area contributed by atoms with Gasteiger partial charge in [0.1, 0.15) is 0 Å². The summed E-state index contributed by atoms with van der Waals surface area (Å²) in [7, 11) is 1.50. The summed E-state index contributed by atoms with van der Waals surface area (Å²) in [5.41, 5.74) is 1.10. The third-order valence-corrected chi connectivity index (χ3v) is 3.30. The van der Waals surface area contributed by atoms with E-state index < -0.39 is 0 Å². The Morgan fingerprint density at radius 2 is 2.00 bits per heavy atom. The van der Waals surface area contributed by atoms with Gasteiger partial charge < -0.3 is 10.1 Å². The number of nitrogens with one attached hydrogen (secondary N) is 1. The lowest BCUT2D eigenvalue weighted by Crippen LogP contribution is -2.21. The number of benzene rings is 1. The van der Waals surface area contributed by atoms with E-state index in [1.165, 1.54) is 26.0 Å². The van der Waals surface area contributed by atoms with Crippen molar-refractivity contribution < 1.29 is 9.13 Å². The van der Waals surface area contributed by atoms with Gasteiger partial charge >= 0.3 is 0 Å². The minimum absolute atomic E-state index is 0.276. The molecule has 1 N–H and O–H groups in total. The Bertz CT molecular complexity index is 379. The van der Waals surface area contributed by atoms with Gasteiger partial charge in [-0.2, -0.15) is 0 Å². The molecule has 108 valence electrons. The summed E-state index contributed by atoms with van der Waals surface area (Å²) in [5, 5.41) is 3.47. The van der Waals surface area contributed by atoms with E-state index in [4.69, 9.17) is 4.74 Å². The Balaban J connectivity index is 2.74. The average molecular weight is 267 g/mol. The number of rotatable bonds is 8. The first-order valence-electron chi connectivity index (χ1n) is 7.15. The van der Waals surface area contributed by atoms with Crippen molar-refractivity contribution in [2.45, 2.75) is 46.1 Å². The van der Waals surface area contributed by atoms with E-state index >= 15 is 0 Å². The molecule has 0 radical (unpaired) electrons. The molecular formula is C16H26FNO. The summed E-state index contributed by atoms with van der Waals surface area (Å²) in [4.78, 5) is 0. The van der Waals surface area contributed by atoms with Gasteiger partial charge in [-0.1, -0.05) is 39.7 Å². The highest BCUT2D eigenvalue weighted by Gasteiger charge is 2.13. The molecule has 2 nitrogen and oxygen atoms in total. The zero-order chi connectivity index (χ0) is 14.3. The van der Waals surface area contributed by atoms with E-state index in [1.807, 2.05) is 6.07 Å². The Kier molecular flexibility index (Phi) is 6.85. The summed E-state index contributed by atoms with van der Waals surface area (Å²) in [6.07, 6.45) is 3.47. The van der Waals surface area contributed by atoms with Gasteiger partial charge in [0.15, 0.2) is 11.6 Å². The molecule has 0 saturated heterocycles. The molecule has 0 heterocycles. The second-order valence-electron chi connectivity index (χ2n) is 5.33. The molecule has 0 aliphatic carbocycles. The first kappa shape index (κ1) is 16.0. The van der Waals surface area contributed by atoms with Gasteiger partial charge in [-0.05, 0) is 36.6 Å². The molecular weight excluding hydrogens is 241 g/mol. The molecule has 0 aromatic heterocycles. The SMILES string of the molecule is CCNC(CCCC(C)C)c1ccc(F)c(OC)c1. The standard InChI is InChI=1S/C16H26FNO/c1-5-18-15(8-6-7-12(2)3)13-9-10-14(17)16(11-13)19-4/h9-12,15,18H,5-8H2,1-4H3. The number of ether oxygens (including phenoxy) is 1. The second kappa shape index (κ2) is 8.16. The fourth-order valence-corrected chi connectivity index (χ4v) is 2.26. The summed E-state index contributed by atoms with van der Waals surface area (Å²) >= 11 is 0. The maximum atomic E-state index is 13.4.